The van der Waals surface area contributed by atoms with Gasteiger partial charge in [0.2, 0.25) is 0 Å². The Kier molecular flexibility index (Phi) is 2.03. The van der Waals surface area contributed by atoms with E-state index in [1.54, 1.807) is 0 Å². The van der Waals surface area contributed by atoms with Crippen molar-refractivity contribution in [3.8, 4) is 0 Å². The summed E-state index contributed by atoms with van der Waals surface area (Å²) in [6.45, 7) is 4.62. The minimum absolute atomic E-state index is 0.00884. The molecular weight excluding hydrogens is 204 g/mol. The molecule has 0 bridgehead atoms. The maximum Gasteiger partial charge on any atom is 0.327 e. The third-order valence-corrected chi connectivity index (χ3v) is 4.35. The summed E-state index contributed by atoms with van der Waals surface area (Å²) in [6, 6.07) is -0.188. The molecule has 2 saturated heterocycles. The van der Waals surface area contributed by atoms with E-state index in [-0.39, 0.29) is 24.0 Å². The van der Waals surface area contributed by atoms with Crippen LogP contribution >= 0.6 is 0 Å². The van der Waals surface area contributed by atoms with Crippen LogP contribution in [0.1, 0.15) is 33.1 Å². The number of urea groups is 1. The molecule has 0 aromatic carbocycles. The van der Waals surface area contributed by atoms with Crippen LogP contribution in [0, 0.1) is 11.8 Å². The molecule has 4 heteroatoms. The molecule has 4 nitrogen and oxygen atoms in total. The topological polar surface area (TPSA) is 40.6 Å². The number of fused-ring (bicyclic) bond motifs is 3. The number of hydrogen-bond acceptors (Lipinski definition) is 2. The molecule has 0 N–H and O–H groups in total. The minimum atomic E-state index is -0.123. The quantitative estimate of drug-likeness (QED) is 0.630. The fraction of sp³-hybridized carbons (Fsp3) is 0.833. The van der Waals surface area contributed by atoms with Crippen molar-refractivity contribution >= 4 is 11.9 Å². The average Bonchev–Trinajstić information content (AvgIpc) is 2.78. The maximum absolute atomic E-state index is 12.2. The van der Waals surface area contributed by atoms with Crippen molar-refractivity contribution in [3.05, 3.63) is 0 Å². The van der Waals surface area contributed by atoms with E-state index < -0.39 is 0 Å². The highest BCUT2D eigenvalue weighted by Gasteiger charge is 2.57. The maximum atomic E-state index is 12.2. The van der Waals surface area contributed by atoms with E-state index in [0.29, 0.717) is 11.8 Å². The highest BCUT2D eigenvalue weighted by atomic mass is 16.2. The Labute approximate surface area is 95.6 Å². The van der Waals surface area contributed by atoms with Crippen molar-refractivity contribution < 1.29 is 9.59 Å². The average molecular weight is 222 g/mol. The van der Waals surface area contributed by atoms with Gasteiger partial charge in [0.25, 0.3) is 5.91 Å². The first-order valence-corrected chi connectivity index (χ1v) is 6.25. The van der Waals surface area contributed by atoms with E-state index in [1.165, 1.54) is 17.7 Å². The zero-order valence-electron chi connectivity index (χ0n) is 9.85. The van der Waals surface area contributed by atoms with Crippen LogP contribution in [-0.2, 0) is 4.79 Å². The zero-order chi connectivity index (χ0) is 11.4. The van der Waals surface area contributed by atoms with E-state index in [2.05, 4.69) is 0 Å². The van der Waals surface area contributed by atoms with E-state index in [9.17, 15) is 9.59 Å². The van der Waals surface area contributed by atoms with Gasteiger partial charge in [-0.1, -0.05) is 6.42 Å². The highest BCUT2D eigenvalue weighted by Crippen LogP contribution is 2.45. The standard InChI is InChI=1S/C12H18N2O2/c1-7(2)14-11(15)10-9-5-3-4-8(9)6-13(10)12(14)16/h7-10H,3-6H2,1-2H3. The van der Waals surface area contributed by atoms with Crippen molar-refractivity contribution in [1.82, 2.24) is 9.80 Å². The number of carbonyl (C=O) groups is 2. The lowest BCUT2D eigenvalue weighted by Crippen LogP contribution is -2.39. The molecule has 3 amide bonds. The summed E-state index contributed by atoms with van der Waals surface area (Å²) in [5, 5.41) is 0. The lowest BCUT2D eigenvalue weighted by Gasteiger charge is -2.20. The van der Waals surface area contributed by atoms with Crippen molar-refractivity contribution in [2.75, 3.05) is 6.54 Å². The second-order valence-electron chi connectivity index (χ2n) is 5.54. The first-order valence-electron chi connectivity index (χ1n) is 6.25. The number of amides is 3. The number of hydrogen-bond donors (Lipinski definition) is 0. The number of rotatable bonds is 1. The molecule has 2 heterocycles. The van der Waals surface area contributed by atoms with Crippen LogP contribution in [0.5, 0.6) is 0 Å². The van der Waals surface area contributed by atoms with Crippen molar-refractivity contribution in [2.45, 2.75) is 45.2 Å². The van der Waals surface area contributed by atoms with Gasteiger partial charge >= 0.3 is 6.03 Å². The molecule has 3 atom stereocenters. The Bertz CT molecular complexity index is 353. The molecule has 3 unspecified atom stereocenters. The van der Waals surface area contributed by atoms with Gasteiger partial charge in [0.15, 0.2) is 0 Å². The lowest BCUT2D eigenvalue weighted by molar-refractivity contribution is -0.130. The van der Waals surface area contributed by atoms with Gasteiger partial charge in [0, 0.05) is 12.6 Å². The zero-order valence-corrected chi connectivity index (χ0v) is 9.85. The smallest absolute Gasteiger partial charge is 0.312 e. The van der Waals surface area contributed by atoms with Gasteiger partial charge in [-0.3, -0.25) is 9.69 Å². The first-order chi connectivity index (χ1) is 7.61. The summed E-state index contributed by atoms with van der Waals surface area (Å²) in [5.74, 6) is 1.09. The van der Waals surface area contributed by atoms with Crippen LogP contribution in [0.25, 0.3) is 0 Å². The van der Waals surface area contributed by atoms with Gasteiger partial charge in [0.1, 0.15) is 6.04 Å². The third kappa shape index (κ3) is 1.10. The number of carbonyl (C=O) groups excluding carboxylic acids is 2. The van der Waals surface area contributed by atoms with Crippen molar-refractivity contribution in [1.29, 1.82) is 0 Å². The molecule has 1 aliphatic carbocycles. The minimum Gasteiger partial charge on any atom is -0.312 e. The van der Waals surface area contributed by atoms with Crippen LogP contribution in [0.2, 0.25) is 0 Å². The van der Waals surface area contributed by atoms with Gasteiger partial charge in [-0.25, -0.2) is 4.79 Å². The van der Waals surface area contributed by atoms with E-state index in [4.69, 9.17) is 0 Å². The first kappa shape index (κ1) is 10.1. The van der Waals surface area contributed by atoms with Crippen LogP contribution in [0.15, 0.2) is 0 Å². The van der Waals surface area contributed by atoms with E-state index >= 15 is 0 Å². The largest absolute Gasteiger partial charge is 0.327 e. The third-order valence-electron chi connectivity index (χ3n) is 4.35. The van der Waals surface area contributed by atoms with Gasteiger partial charge < -0.3 is 4.90 Å². The Morgan fingerprint density at radius 1 is 1.25 bits per heavy atom. The lowest BCUT2D eigenvalue weighted by atomic mass is 9.93. The molecule has 2 aliphatic heterocycles. The molecule has 3 aliphatic rings. The second-order valence-corrected chi connectivity index (χ2v) is 5.54. The molecule has 0 aromatic rings. The summed E-state index contributed by atoms with van der Waals surface area (Å²) >= 11 is 0. The molecule has 0 radical (unpaired) electrons. The molecule has 3 fully saturated rings. The predicted octanol–water partition coefficient (Wildman–Crippen LogP) is 1.46. The summed E-state index contributed by atoms with van der Waals surface area (Å²) in [5.41, 5.74) is 0. The van der Waals surface area contributed by atoms with Gasteiger partial charge in [0.05, 0.1) is 0 Å². The predicted molar refractivity (Wildman–Crippen MR) is 58.7 cm³/mol. The Morgan fingerprint density at radius 2 is 2.00 bits per heavy atom. The Balaban J connectivity index is 1.91. The number of nitrogens with zero attached hydrogens (tertiary/aromatic N) is 2. The van der Waals surface area contributed by atoms with E-state index in [0.717, 1.165) is 13.0 Å². The Hall–Kier alpha value is -1.06. The van der Waals surface area contributed by atoms with Crippen molar-refractivity contribution in [2.24, 2.45) is 11.8 Å². The van der Waals surface area contributed by atoms with Crippen LogP contribution in [0.4, 0.5) is 4.79 Å². The molecule has 3 rings (SSSR count). The molecule has 16 heavy (non-hydrogen) atoms. The summed E-state index contributed by atoms with van der Waals surface area (Å²) in [6.07, 6.45) is 3.54. The fourth-order valence-electron chi connectivity index (χ4n) is 3.67. The molecule has 0 spiro atoms. The van der Waals surface area contributed by atoms with Crippen molar-refractivity contribution in [3.63, 3.8) is 0 Å². The SMILES string of the molecule is CC(C)N1C(=O)C2C3CCCC3CN2C1=O. The van der Waals surface area contributed by atoms with Crippen LogP contribution in [0.3, 0.4) is 0 Å². The molecular formula is C12H18N2O2. The summed E-state index contributed by atoms with van der Waals surface area (Å²) in [4.78, 5) is 27.6. The Morgan fingerprint density at radius 3 is 2.69 bits per heavy atom. The summed E-state index contributed by atoms with van der Waals surface area (Å²) < 4.78 is 0. The number of imide groups is 1. The normalized spacial score (nSPS) is 37.6. The molecule has 1 saturated carbocycles. The molecule has 0 aromatic heterocycles. The van der Waals surface area contributed by atoms with Gasteiger partial charge in [-0.05, 0) is 38.5 Å². The van der Waals surface area contributed by atoms with Crippen LogP contribution in [-0.4, -0.2) is 40.4 Å². The molecule has 88 valence electrons. The van der Waals surface area contributed by atoms with Gasteiger partial charge in [-0.2, -0.15) is 0 Å². The fourth-order valence-corrected chi connectivity index (χ4v) is 3.67. The summed E-state index contributed by atoms with van der Waals surface area (Å²) in [7, 11) is 0. The highest BCUT2D eigenvalue weighted by molar-refractivity contribution is 6.05. The van der Waals surface area contributed by atoms with E-state index in [1.807, 2.05) is 18.7 Å². The van der Waals surface area contributed by atoms with Gasteiger partial charge in [-0.15, -0.1) is 0 Å². The van der Waals surface area contributed by atoms with Crippen LogP contribution < -0.4 is 0 Å². The monoisotopic (exact) mass is 222 g/mol. The second kappa shape index (κ2) is 3.22.